The van der Waals surface area contributed by atoms with E-state index in [4.69, 9.17) is 22.1 Å². The summed E-state index contributed by atoms with van der Waals surface area (Å²) in [4.78, 5) is 0. The molecule has 27 heavy (non-hydrogen) atoms. The summed E-state index contributed by atoms with van der Waals surface area (Å²) in [6.07, 6.45) is 0. The second-order valence-corrected chi connectivity index (χ2v) is 6.65. The predicted molar refractivity (Wildman–Crippen MR) is 112 cm³/mol. The van der Waals surface area contributed by atoms with Gasteiger partial charge in [0.25, 0.3) is 0 Å². The minimum Gasteiger partial charge on any atom is -0.508 e. The molecule has 0 spiro atoms. The molecule has 0 heterocycles. The largest absolute Gasteiger partial charge is 0.508 e. The summed E-state index contributed by atoms with van der Waals surface area (Å²) in [6, 6.07) is 23.0. The Labute approximate surface area is 164 Å². The molecule has 3 nitrogen and oxygen atoms in total. The summed E-state index contributed by atoms with van der Waals surface area (Å²) in [6.45, 7) is 3.05. The number of phenolic OH excluding ortho intramolecular Hbond substituents is 1. The second-order valence-electron chi connectivity index (χ2n) is 6.22. The maximum atomic E-state index is 9.59. The number of hydrogen-bond acceptors (Lipinski definition) is 3. The summed E-state index contributed by atoms with van der Waals surface area (Å²) in [5.74, 6) is 1.04. The molecule has 0 aromatic heterocycles. The molecule has 4 heteroatoms. The van der Waals surface area contributed by atoms with Crippen molar-refractivity contribution in [3.8, 4) is 11.5 Å². The Morgan fingerprint density at radius 2 is 1.37 bits per heavy atom. The van der Waals surface area contributed by atoms with Gasteiger partial charge < -0.3 is 15.6 Å². The van der Waals surface area contributed by atoms with E-state index in [1.165, 1.54) is 0 Å². The van der Waals surface area contributed by atoms with Crippen LogP contribution in [0.4, 0.5) is 0 Å². The number of phenols is 1. The molecule has 0 aliphatic rings. The van der Waals surface area contributed by atoms with Gasteiger partial charge in [0.05, 0.1) is 0 Å². The molecule has 3 N–H and O–H groups in total. The molecule has 138 valence electrons. The minimum absolute atomic E-state index is 0.251. The number of ether oxygens (including phenoxy) is 1. The van der Waals surface area contributed by atoms with E-state index in [9.17, 15) is 5.11 Å². The van der Waals surface area contributed by atoms with Crippen LogP contribution in [0.2, 0.25) is 5.02 Å². The molecule has 0 saturated carbocycles. The number of hydrogen-bond donors (Lipinski definition) is 2. The summed E-state index contributed by atoms with van der Waals surface area (Å²) < 4.78 is 5.58. The number of rotatable bonds is 6. The number of nitrogens with two attached hydrogens (primary N) is 1. The third kappa shape index (κ3) is 4.70. The van der Waals surface area contributed by atoms with Gasteiger partial charge in [0, 0.05) is 11.6 Å². The normalized spacial score (nSPS) is 11.8. The van der Waals surface area contributed by atoms with Gasteiger partial charge in [-0.05, 0) is 71.2 Å². The highest BCUT2D eigenvalue weighted by Crippen LogP contribution is 2.34. The fourth-order valence-corrected chi connectivity index (χ4v) is 3.09. The van der Waals surface area contributed by atoms with Crippen molar-refractivity contribution in [1.29, 1.82) is 0 Å². The van der Waals surface area contributed by atoms with Gasteiger partial charge >= 0.3 is 0 Å². The van der Waals surface area contributed by atoms with Crippen LogP contribution < -0.4 is 10.5 Å². The maximum Gasteiger partial charge on any atom is 0.119 e. The molecule has 3 aromatic rings. The van der Waals surface area contributed by atoms with Gasteiger partial charge in [0.2, 0.25) is 0 Å². The average molecular weight is 380 g/mol. The van der Waals surface area contributed by atoms with Gasteiger partial charge in [-0.3, -0.25) is 0 Å². The molecule has 3 rings (SSSR count). The highest BCUT2D eigenvalue weighted by molar-refractivity contribution is 6.30. The molecule has 0 atom stereocenters. The molecule has 0 radical (unpaired) electrons. The SMILES string of the molecule is C/C(=C(/c1ccc(Cl)cc1)c1ccc(OCCN)cc1)c1ccc(O)cc1. The molecule has 0 aliphatic carbocycles. The van der Waals surface area contributed by atoms with E-state index in [1.54, 1.807) is 12.1 Å². The lowest BCUT2D eigenvalue weighted by Gasteiger charge is -2.15. The van der Waals surface area contributed by atoms with E-state index < -0.39 is 0 Å². The van der Waals surface area contributed by atoms with Gasteiger partial charge in [-0.25, -0.2) is 0 Å². The third-order valence-electron chi connectivity index (χ3n) is 4.34. The first-order chi connectivity index (χ1) is 13.1. The standard InChI is InChI=1S/C23H22ClNO2/c1-16(17-4-10-21(26)11-5-17)23(18-2-8-20(24)9-3-18)19-6-12-22(13-7-19)27-15-14-25/h2-13,26H,14-15,25H2,1H3/b23-16+. The molecule has 0 saturated heterocycles. The third-order valence-corrected chi connectivity index (χ3v) is 4.59. The molecule has 0 bridgehead atoms. The highest BCUT2D eigenvalue weighted by atomic mass is 35.5. The Balaban J connectivity index is 2.08. The first-order valence-electron chi connectivity index (χ1n) is 8.78. The topological polar surface area (TPSA) is 55.5 Å². The Bertz CT molecular complexity index is 914. The fraction of sp³-hybridized carbons (Fsp3) is 0.130. The Hall–Kier alpha value is -2.75. The van der Waals surface area contributed by atoms with Crippen LogP contribution in [0, 0.1) is 0 Å². The van der Waals surface area contributed by atoms with Crippen molar-refractivity contribution >= 4 is 22.7 Å². The zero-order valence-corrected chi connectivity index (χ0v) is 15.9. The Morgan fingerprint density at radius 3 is 1.93 bits per heavy atom. The molecule has 0 fully saturated rings. The molecular weight excluding hydrogens is 358 g/mol. The summed E-state index contributed by atoms with van der Waals surface area (Å²) in [7, 11) is 0. The Kier molecular flexibility index (Phi) is 6.17. The van der Waals surface area contributed by atoms with E-state index in [1.807, 2.05) is 60.7 Å². The maximum absolute atomic E-state index is 9.59. The highest BCUT2D eigenvalue weighted by Gasteiger charge is 2.11. The van der Waals surface area contributed by atoms with Crippen LogP contribution in [-0.2, 0) is 0 Å². The van der Waals surface area contributed by atoms with E-state index in [0.29, 0.717) is 18.2 Å². The van der Waals surface area contributed by atoms with E-state index >= 15 is 0 Å². The monoisotopic (exact) mass is 379 g/mol. The first kappa shape index (κ1) is 19.0. The quantitative estimate of drug-likeness (QED) is 0.566. The smallest absolute Gasteiger partial charge is 0.119 e. The number of aromatic hydroxyl groups is 1. The minimum atomic E-state index is 0.251. The van der Waals surface area contributed by atoms with Gasteiger partial charge in [-0.2, -0.15) is 0 Å². The zero-order chi connectivity index (χ0) is 19.2. The summed E-state index contributed by atoms with van der Waals surface area (Å²) in [5, 5.41) is 10.3. The van der Waals surface area contributed by atoms with Crippen molar-refractivity contribution in [2.45, 2.75) is 6.92 Å². The van der Waals surface area contributed by atoms with Gasteiger partial charge in [0.1, 0.15) is 18.1 Å². The van der Waals surface area contributed by atoms with Crippen molar-refractivity contribution in [3.63, 3.8) is 0 Å². The van der Waals surface area contributed by atoms with Crippen molar-refractivity contribution in [3.05, 3.63) is 94.5 Å². The number of benzene rings is 3. The van der Waals surface area contributed by atoms with Crippen LogP contribution in [0.25, 0.3) is 11.1 Å². The lowest BCUT2D eigenvalue weighted by atomic mass is 9.90. The fourth-order valence-electron chi connectivity index (χ4n) is 2.97. The van der Waals surface area contributed by atoms with Crippen molar-refractivity contribution < 1.29 is 9.84 Å². The van der Waals surface area contributed by atoms with Crippen LogP contribution in [0.3, 0.4) is 0 Å². The average Bonchev–Trinajstić information content (AvgIpc) is 2.69. The molecular formula is C23H22ClNO2. The van der Waals surface area contributed by atoms with Crippen LogP contribution in [0.5, 0.6) is 11.5 Å². The van der Waals surface area contributed by atoms with Crippen LogP contribution >= 0.6 is 11.6 Å². The lowest BCUT2D eigenvalue weighted by molar-refractivity contribution is 0.328. The van der Waals surface area contributed by atoms with Crippen LogP contribution in [0.15, 0.2) is 72.8 Å². The number of halogens is 1. The lowest BCUT2D eigenvalue weighted by Crippen LogP contribution is -2.10. The molecule has 0 aliphatic heterocycles. The van der Waals surface area contributed by atoms with Gasteiger partial charge in [-0.15, -0.1) is 0 Å². The van der Waals surface area contributed by atoms with Crippen LogP contribution in [0.1, 0.15) is 23.6 Å². The van der Waals surface area contributed by atoms with Crippen LogP contribution in [-0.4, -0.2) is 18.3 Å². The first-order valence-corrected chi connectivity index (χ1v) is 9.16. The molecule has 0 amide bonds. The van der Waals surface area contributed by atoms with E-state index in [-0.39, 0.29) is 5.75 Å². The zero-order valence-electron chi connectivity index (χ0n) is 15.2. The van der Waals surface area contributed by atoms with Crippen molar-refractivity contribution in [2.75, 3.05) is 13.2 Å². The van der Waals surface area contributed by atoms with Gasteiger partial charge in [0.15, 0.2) is 0 Å². The van der Waals surface area contributed by atoms with E-state index in [0.717, 1.165) is 33.6 Å². The van der Waals surface area contributed by atoms with E-state index in [2.05, 4.69) is 6.92 Å². The summed E-state index contributed by atoms with van der Waals surface area (Å²) >= 11 is 6.08. The summed E-state index contributed by atoms with van der Waals surface area (Å²) in [5.41, 5.74) is 10.9. The molecule has 3 aromatic carbocycles. The number of allylic oxidation sites excluding steroid dienone is 1. The van der Waals surface area contributed by atoms with Crippen molar-refractivity contribution in [2.24, 2.45) is 5.73 Å². The van der Waals surface area contributed by atoms with Gasteiger partial charge in [-0.1, -0.05) is 48.0 Å². The predicted octanol–water partition coefficient (Wildman–Crippen LogP) is 5.36. The Morgan fingerprint density at radius 1 is 0.852 bits per heavy atom. The molecule has 0 unspecified atom stereocenters. The second kappa shape index (κ2) is 8.76. The van der Waals surface area contributed by atoms with Crippen molar-refractivity contribution in [1.82, 2.24) is 0 Å².